The number of benzene rings is 1. The maximum Gasteiger partial charge on any atom is 0.128 e. The standard InChI is InChI=1S/C9H12FNO.ClH/c1-6(11)8-5-7(12-2)3-4-9(8)10;/h3-6H,11H2,1-2H3;1H/t6-;/m1./s1. The molecule has 0 unspecified atom stereocenters. The van der Waals surface area contributed by atoms with Gasteiger partial charge >= 0.3 is 0 Å². The quantitative estimate of drug-likeness (QED) is 0.804. The van der Waals surface area contributed by atoms with Crippen LogP contribution in [-0.2, 0) is 0 Å². The van der Waals surface area contributed by atoms with Crippen molar-refractivity contribution in [3.63, 3.8) is 0 Å². The molecule has 1 aromatic carbocycles. The predicted molar refractivity (Wildman–Crippen MR) is 52.8 cm³/mol. The molecule has 0 aliphatic carbocycles. The van der Waals surface area contributed by atoms with Gasteiger partial charge in [-0.15, -0.1) is 12.4 Å². The fourth-order valence-electron chi connectivity index (χ4n) is 0.998. The summed E-state index contributed by atoms with van der Waals surface area (Å²) < 4.78 is 18.0. The third-order valence-electron chi connectivity index (χ3n) is 1.69. The third kappa shape index (κ3) is 2.86. The molecule has 0 saturated carbocycles. The molecule has 0 amide bonds. The van der Waals surface area contributed by atoms with Crippen molar-refractivity contribution in [2.75, 3.05) is 7.11 Å². The average molecular weight is 206 g/mol. The van der Waals surface area contributed by atoms with E-state index in [4.69, 9.17) is 10.5 Å². The van der Waals surface area contributed by atoms with E-state index in [0.717, 1.165) is 0 Å². The second kappa shape index (κ2) is 5.04. The molecular formula is C9H13ClFNO. The highest BCUT2D eigenvalue weighted by Crippen LogP contribution is 2.20. The summed E-state index contributed by atoms with van der Waals surface area (Å²) in [5.74, 6) is 0.342. The summed E-state index contributed by atoms with van der Waals surface area (Å²) in [5.41, 5.74) is 6.02. The Morgan fingerprint density at radius 1 is 1.46 bits per heavy atom. The van der Waals surface area contributed by atoms with E-state index in [2.05, 4.69) is 0 Å². The van der Waals surface area contributed by atoms with E-state index in [1.165, 1.54) is 13.2 Å². The van der Waals surface area contributed by atoms with Crippen LogP contribution in [-0.4, -0.2) is 7.11 Å². The lowest BCUT2D eigenvalue weighted by atomic mass is 10.1. The molecule has 0 fully saturated rings. The fourth-order valence-corrected chi connectivity index (χ4v) is 0.998. The van der Waals surface area contributed by atoms with Gasteiger partial charge in [-0.1, -0.05) is 0 Å². The number of nitrogens with two attached hydrogens (primary N) is 1. The lowest BCUT2D eigenvalue weighted by molar-refractivity contribution is 0.412. The third-order valence-corrected chi connectivity index (χ3v) is 1.69. The molecule has 1 atom stereocenters. The fraction of sp³-hybridized carbons (Fsp3) is 0.333. The Morgan fingerprint density at radius 2 is 2.08 bits per heavy atom. The Labute approximate surface area is 83.3 Å². The van der Waals surface area contributed by atoms with Gasteiger partial charge in [-0.2, -0.15) is 0 Å². The van der Waals surface area contributed by atoms with Gasteiger partial charge in [0.05, 0.1) is 7.11 Å². The van der Waals surface area contributed by atoms with Crippen molar-refractivity contribution in [2.45, 2.75) is 13.0 Å². The Hall–Kier alpha value is -0.800. The molecular weight excluding hydrogens is 193 g/mol. The highest BCUT2D eigenvalue weighted by atomic mass is 35.5. The van der Waals surface area contributed by atoms with Gasteiger partial charge in [-0.05, 0) is 25.1 Å². The number of halogens is 2. The van der Waals surface area contributed by atoms with Gasteiger partial charge in [0.2, 0.25) is 0 Å². The maximum atomic E-state index is 13.0. The molecule has 0 aliphatic rings. The van der Waals surface area contributed by atoms with E-state index in [9.17, 15) is 4.39 Å². The van der Waals surface area contributed by atoms with Crippen LogP contribution < -0.4 is 10.5 Å². The van der Waals surface area contributed by atoms with E-state index in [1.54, 1.807) is 19.1 Å². The Kier molecular flexibility index (Phi) is 4.73. The number of methoxy groups -OCH3 is 1. The molecule has 0 saturated heterocycles. The van der Waals surface area contributed by atoms with E-state index in [0.29, 0.717) is 11.3 Å². The zero-order valence-electron chi connectivity index (χ0n) is 7.58. The molecule has 0 bridgehead atoms. The van der Waals surface area contributed by atoms with Crippen molar-refractivity contribution >= 4 is 12.4 Å². The van der Waals surface area contributed by atoms with Crippen molar-refractivity contribution in [2.24, 2.45) is 5.73 Å². The first-order valence-corrected chi connectivity index (χ1v) is 3.74. The monoisotopic (exact) mass is 205 g/mol. The van der Waals surface area contributed by atoms with Crippen molar-refractivity contribution < 1.29 is 9.13 Å². The molecule has 13 heavy (non-hydrogen) atoms. The van der Waals surface area contributed by atoms with Gasteiger partial charge in [0.15, 0.2) is 0 Å². The lowest BCUT2D eigenvalue weighted by Crippen LogP contribution is -2.07. The zero-order valence-corrected chi connectivity index (χ0v) is 8.40. The Morgan fingerprint density at radius 3 is 2.54 bits per heavy atom. The average Bonchev–Trinajstić information content (AvgIpc) is 2.05. The van der Waals surface area contributed by atoms with Gasteiger partial charge in [-0.25, -0.2) is 4.39 Å². The summed E-state index contributed by atoms with van der Waals surface area (Å²) in [6.07, 6.45) is 0. The van der Waals surface area contributed by atoms with Crippen LogP contribution >= 0.6 is 12.4 Å². The van der Waals surface area contributed by atoms with E-state index in [-0.39, 0.29) is 24.3 Å². The largest absolute Gasteiger partial charge is 0.497 e. The summed E-state index contributed by atoms with van der Waals surface area (Å²) in [5, 5.41) is 0. The molecule has 0 heterocycles. The molecule has 1 rings (SSSR count). The minimum Gasteiger partial charge on any atom is -0.497 e. The maximum absolute atomic E-state index is 13.0. The predicted octanol–water partition coefficient (Wildman–Crippen LogP) is 2.28. The summed E-state index contributed by atoms with van der Waals surface area (Å²) in [7, 11) is 1.54. The van der Waals surface area contributed by atoms with Crippen LogP contribution in [0.25, 0.3) is 0 Å². The molecule has 0 aromatic heterocycles. The SMILES string of the molecule is COc1ccc(F)c([C@@H](C)N)c1.Cl. The highest BCUT2D eigenvalue weighted by Gasteiger charge is 2.07. The number of hydrogen-bond acceptors (Lipinski definition) is 2. The number of hydrogen-bond donors (Lipinski definition) is 1. The van der Waals surface area contributed by atoms with E-state index >= 15 is 0 Å². The van der Waals surface area contributed by atoms with Crippen molar-refractivity contribution in [1.82, 2.24) is 0 Å². The first kappa shape index (κ1) is 12.2. The molecule has 0 aliphatic heterocycles. The van der Waals surface area contributed by atoms with Gasteiger partial charge in [0, 0.05) is 11.6 Å². The minimum absolute atomic E-state index is 0. The van der Waals surface area contributed by atoms with Gasteiger partial charge < -0.3 is 10.5 Å². The summed E-state index contributed by atoms with van der Waals surface area (Å²) in [4.78, 5) is 0. The zero-order chi connectivity index (χ0) is 9.14. The van der Waals surface area contributed by atoms with Crippen LogP contribution in [0.3, 0.4) is 0 Å². The molecule has 1 aromatic rings. The van der Waals surface area contributed by atoms with Gasteiger partial charge in [0.1, 0.15) is 11.6 Å². The number of ether oxygens (including phenoxy) is 1. The van der Waals surface area contributed by atoms with Crippen LogP contribution in [0.4, 0.5) is 4.39 Å². The first-order valence-electron chi connectivity index (χ1n) is 3.74. The lowest BCUT2D eigenvalue weighted by Gasteiger charge is -2.08. The second-order valence-corrected chi connectivity index (χ2v) is 2.68. The first-order chi connectivity index (χ1) is 5.65. The Balaban J connectivity index is 0.00000144. The van der Waals surface area contributed by atoms with Gasteiger partial charge in [0.25, 0.3) is 0 Å². The summed E-state index contributed by atoms with van der Waals surface area (Å²) in [6, 6.07) is 4.23. The topological polar surface area (TPSA) is 35.2 Å². The summed E-state index contributed by atoms with van der Waals surface area (Å²) >= 11 is 0. The van der Waals surface area contributed by atoms with E-state index in [1.807, 2.05) is 0 Å². The molecule has 74 valence electrons. The highest BCUT2D eigenvalue weighted by molar-refractivity contribution is 5.85. The van der Waals surface area contributed by atoms with Gasteiger partial charge in [-0.3, -0.25) is 0 Å². The molecule has 2 nitrogen and oxygen atoms in total. The normalized spacial score (nSPS) is 11.7. The molecule has 0 radical (unpaired) electrons. The molecule has 4 heteroatoms. The van der Waals surface area contributed by atoms with Crippen molar-refractivity contribution in [1.29, 1.82) is 0 Å². The Bertz CT molecular complexity index is 278. The smallest absolute Gasteiger partial charge is 0.128 e. The van der Waals surface area contributed by atoms with Crippen LogP contribution in [0.15, 0.2) is 18.2 Å². The van der Waals surface area contributed by atoms with Crippen LogP contribution in [0.1, 0.15) is 18.5 Å². The van der Waals surface area contributed by atoms with Crippen molar-refractivity contribution in [3.05, 3.63) is 29.6 Å². The summed E-state index contributed by atoms with van der Waals surface area (Å²) in [6.45, 7) is 1.73. The van der Waals surface area contributed by atoms with Crippen LogP contribution in [0.2, 0.25) is 0 Å². The van der Waals surface area contributed by atoms with Crippen molar-refractivity contribution in [3.8, 4) is 5.75 Å². The second-order valence-electron chi connectivity index (χ2n) is 2.68. The van der Waals surface area contributed by atoms with Crippen LogP contribution in [0, 0.1) is 5.82 Å². The minimum atomic E-state index is -0.305. The van der Waals surface area contributed by atoms with E-state index < -0.39 is 0 Å². The molecule has 2 N–H and O–H groups in total. The molecule has 0 spiro atoms. The number of rotatable bonds is 2. The van der Waals surface area contributed by atoms with Crippen LogP contribution in [0.5, 0.6) is 5.75 Å².